The molecule has 0 unspecified atom stereocenters. The zero-order valence-electron chi connectivity index (χ0n) is 11.8. The molecule has 19 heavy (non-hydrogen) atoms. The van der Waals surface area contributed by atoms with Gasteiger partial charge >= 0.3 is 0 Å². The predicted octanol–water partition coefficient (Wildman–Crippen LogP) is 2.13. The Morgan fingerprint density at radius 2 is 2.16 bits per heavy atom. The molecule has 0 saturated heterocycles. The van der Waals surface area contributed by atoms with Gasteiger partial charge < -0.3 is 10.6 Å². The van der Waals surface area contributed by atoms with E-state index in [4.69, 9.17) is 11.6 Å². The second-order valence-corrected chi connectivity index (χ2v) is 5.06. The number of nitrogens with one attached hydrogen (secondary N) is 2. The molecule has 0 radical (unpaired) electrons. The molecule has 1 aromatic carbocycles. The van der Waals surface area contributed by atoms with Crippen molar-refractivity contribution in [1.82, 2.24) is 10.2 Å². The maximum absolute atomic E-state index is 11.9. The summed E-state index contributed by atoms with van der Waals surface area (Å²) in [5.74, 6) is -0.0164. The SMILES string of the molecule is CNCCCN(C)CC(=O)Nc1cccc(Cl)c1C. The molecule has 1 amide bonds. The van der Waals surface area contributed by atoms with E-state index in [0.717, 1.165) is 30.8 Å². The van der Waals surface area contributed by atoms with E-state index in [2.05, 4.69) is 10.6 Å². The van der Waals surface area contributed by atoms with Crippen LogP contribution in [0.3, 0.4) is 0 Å². The van der Waals surface area contributed by atoms with Gasteiger partial charge in [0.1, 0.15) is 0 Å². The van der Waals surface area contributed by atoms with Crippen LogP contribution in [0.5, 0.6) is 0 Å². The first-order chi connectivity index (χ1) is 9.04. The van der Waals surface area contributed by atoms with E-state index < -0.39 is 0 Å². The fourth-order valence-corrected chi connectivity index (χ4v) is 1.96. The Morgan fingerprint density at radius 1 is 1.42 bits per heavy atom. The molecule has 1 rings (SSSR count). The zero-order chi connectivity index (χ0) is 14.3. The Labute approximate surface area is 120 Å². The predicted molar refractivity (Wildman–Crippen MR) is 80.9 cm³/mol. The summed E-state index contributed by atoms with van der Waals surface area (Å²) in [6.45, 7) is 4.13. The molecule has 0 aliphatic heterocycles. The van der Waals surface area contributed by atoms with Gasteiger partial charge in [0, 0.05) is 10.7 Å². The molecule has 0 aromatic heterocycles. The van der Waals surface area contributed by atoms with Crippen molar-refractivity contribution in [2.45, 2.75) is 13.3 Å². The molecule has 5 heteroatoms. The van der Waals surface area contributed by atoms with Crippen molar-refractivity contribution in [2.24, 2.45) is 0 Å². The first-order valence-electron chi connectivity index (χ1n) is 6.42. The third-order valence-electron chi connectivity index (χ3n) is 2.92. The van der Waals surface area contributed by atoms with E-state index in [0.29, 0.717) is 11.6 Å². The largest absolute Gasteiger partial charge is 0.325 e. The average molecular weight is 284 g/mol. The molecule has 4 nitrogen and oxygen atoms in total. The lowest BCUT2D eigenvalue weighted by Gasteiger charge is -2.16. The van der Waals surface area contributed by atoms with E-state index in [-0.39, 0.29) is 5.91 Å². The van der Waals surface area contributed by atoms with Gasteiger partial charge in [0.25, 0.3) is 0 Å². The lowest BCUT2D eigenvalue weighted by Crippen LogP contribution is -2.32. The summed E-state index contributed by atoms with van der Waals surface area (Å²) >= 11 is 6.02. The van der Waals surface area contributed by atoms with Crippen molar-refractivity contribution < 1.29 is 4.79 Å². The van der Waals surface area contributed by atoms with Gasteiger partial charge in [-0.15, -0.1) is 0 Å². The van der Waals surface area contributed by atoms with Crippen LogP contribution in [0.25, 0.3) is 0 Å². The standard InChI is InChI=1S/C14H22ClN3O/c1-11-12(15)6-4-7-13(11)17-14(19)10-18(3)9-5-8-16-2/h4,6-7,16H,5,8-10H2,1-3H3,(H,17,19). The first-order valence-corrected chi connectivity index (χ1v) is 6.80. The lowest BCUT2D eigenvalue weighted by molar-refractivity contribution is -0.117. The van der Waals surface area contributed by atoms with Gasteiger partial charge in [0.15, 0.2) is 0 Å². The number of amides is 1. The van der Waals surface area contributed by atoms with Gasteiger partial charge in [-0.3, -0.25) is 9.69 Å². The highest BCUT2D eigenvalue weighted by Gasteiger charge is 2.09. The Morgan fingerprint density at radius 3 is 2.84 bits per heavy atom. The lowest BCUT2D eigenvalue weighted by atomic mass is 10.2. The monoisotopic (exact) mass is 283 g/mol. The van der Waals surface area contributed by atoms with Crippen LogP contribution in [0, 0.1) is 6.92 Å². The van der Waals surface area contributed by atoms with Gasteiger partial charge in [0.05, 0.1) is 6.54 Å². The van der Waals surface area contributed by atoms with Crippen molar-refractivity contribution >= 4 is 23.2 Å². The van der Waals surface area contributed by atoms with Crippen LogP contribution in [0.2, 0.25) is 5.02 Å². The number of carbonyl (C=O) groups is 1. The molecule has 0 bridgehead atoms. The van der Waals surface area contributed by atoms with Crippen LogP contribution in [0.15, 0.2) is 18.2 Å². The molecule has 0 atom stereocenters. The second-order valence-electron chi connectivity index (χ2n) is 4.66. The molecule has 0 aliphatic rings. The molecule has 2 N–H and O–H groups in total. The summed E-state index contributed by atoms with van der Waals surface area (Å²) in [5, 5.41) is 6.65. The molecule has 0 fully saturated rings. The third-order valence-corrected chi connectivity index (χ3v) is 3.33. The van der Waals surface area contributed by atoms with Gasteiger partial charge in [-0.05, 0) is 58.2 Å². The second kappa shape index (κ2) is 8.15. The summed E-state index contributed by atoms with van der Waals surface area (Å²) < 4.78 is 0. The summed E-state index contributed by atoms with van der Waals surface area (Å²) in [7, 11) is 3.87. The fourth-order valence-electron chi connectivity index (χ4n) is 1.78. The van der Waals surface area contributed by atoms with E-state index in [1.165, 1.54) is 0 Å². The van der Waals surface area contributed by atoms with Gasteiger partial charge in [0.2, 0.25) is 5.91 Å². The molecule has 0 aliphatic carbocycles. The van der Waals surface area contributed by atoms with Gasteiger partial charge in [-0.2, -0.15) is 0 Å². The first kappa shape index (κ1) is 16.0. The smallest absolute Gasteiger partial charge is 0.238 e. The van der Waals surface area contributed by atoms with Crippen LogP contribution >= 0.6 is 11.6 Å². The highest BCUT2D eigenvalue weighted by Crippen LogP contribution is 2.22. The summed E-state index contributed by atoms with van der Waals surface area (Å²) in [4.78, 5) is 13.9. The number of nitrogens with zero attached hydrogens (tertiary/aromatic N) is 1. The maximum Gasteiger partial charge on any atom is 0.238 e. The number of rotatable bonds is 7. The Hall–Kier alpha value is -1.10. The summed E-state index contributed by atoms with van der Waals surface area (Å²) in [6.07, 6.45) is 1.02. The van der Waals surface area contributed by atoms with Crippen molar-refractivity contribution in [3.8, 4) is 0 Å². The highest BCUT2D eigenvalue weighted by molar-refractivity contribution is 6.31. The average Bonchev–Trinajstić information content (AvgIpc) is 2.35. The third kappa shape index (κ3) is 5.59. The molecule has 0 heterocycles. The highest BCUT2D eigenvalue weighted by atomic mass is 35.5. The topological polar surface area (TPSA) is 44.4 Å². The van der Waals surface area contributed by atoms with Gasteiger partial charge in [-0.1, -0.05) is 17.7 Å². The van der Waals surface area contributed by atoms with Crippen LogP contribution in [-0.4, -0.2) is 44.5 Å². The molecule has 106 valence electrons. The van der Waals surface area contributed by atoms with Crippen LogP contribution < -0.4 is 10.6 Å². The number of halogens is 1. The molecule has 1 aromatic rings. The Kier molecular flexibility index (Phi) is 6.84. The maximum atomic E-state index is 11.9. The number of anilines is 1. The Balaban J connectivity index is 2.44. The summed E-state index contributed by atoms with van der Waals surface area (Å²) in [5.41, 5.74) is 1.68. The number of carbonyl (C=O) groups excluding carboxylic acids is 1. The van der Waals surface area contributed by atoms with Crippen molar-refractivity contribution in [1.29, 1.82) is 0 Å². The molecular weight excluding hydrogens is 262 g/mol. The summed E-state index contributed by atoms with van der Waals surface area (Å²) in [6, 6.07) is 5.51. The van der Waals surface area contributed by atoms with Crippen LogP contribution in [0.1, 0.15) is 12.0 Å². The van der Waals surface area contributed by atoms with Crippen LogP contribution in [-0.2, 0) is 4.79 Å². The number of hydrogen-bond acceptors (Lipinski definition) is 3. The zero-order valence-corrected chi connectivity index (χ0v) is 12.5. The molecular formula is C14H22ClN3O. The van der Waals surface area contributed by atoms with E-state index in [1.54, 1.807) is 0 Å². The normalized spacial score (nSPS) is 10.8. The molecule has 0 spiro atoms. The Bertz CT molecular complexity index is 423. The number of hydrogen-bond donors (Lipinski definition) is 2. The number of likely N-dealkylation sites (N-methyl/N-ethyl adjacent to an activating group) is 1. The van der Waals surface area contributed by atoms with Gasteiger partial charge in [-0.25, -0.2) is 0 Å². The van der Waals surface area contributed by atoms with Crippen molar-refractivity contribution in [3.63, 3.8) is 0 Å². The minimum absolute atomic E-state index is 0.0164. The van der Waals surface area contributed by atoms with E-state index >= 15 is 0 Å². The molecule has 0 saturated carbocycles. The van der Waals surface area contributed by atoms with E-state index in [1.807, 2.05) is 44.1 Å². The minimum Gasteiger partial charge on any atom is -0.325 e. The van der Waals surface area contributed by atoms with E-state index in [9.17, 15) is 4.79 Å². The number of benzene rings is 1. The fraction of sp³-hybridized carbons (Fsp3) is 0.500. The minimum atomic E-state index is -0.0164. The van der Waals surface area contributed by atoms with Crippen LogP contribution in [0.4, 0.5) is 5.69 Å². The van der Waals surface area contributed by atoms with Crippen molar-refractivity contribution in [3.05, 3.63) is 28.8 Å². The van der Waals surface area contributed by atoms with Crippen molar-refractivity contribution in [2.75, 3.05) is 39.0 Å². The quantitative estimate of drug-likeness (QED) is 0.754.